The number of benzene rings is 1. The van der Waals surface area contributed by atoms with Gasteiger partial charge >= 0.3 is 6.03 Å². The van der Waals surface area contributed by atoms with Crippen LogP contribution >= 0.6 is 0 Å². The number of hydrogen-bond acceptors (Lipinski definition) is 4. The lowest BCUT2D eigenvalue weighted by atomic mass is 10.2. The monoisotopic (exact) mass is 356 g/mol. The van der Waals surface area contributed by atoms with Gasteiger partial charge < -0.3 is 19.7 Å². The van der Waals surface area contributed by atoms with Crippen LogP contribution in [-0.2, 0) is 11.3 Å². The van der Waals surface area contributed by atoms with Gasteiger partial charge in [-0.25, -0.2) is 9.78 Å². The quantitative estimate of drug-likeness (QED) is 0.861. The fraction of sp³-hybridized carbons (Fsp3) is 0.500. The highest BCUT2D eigenvalue weighted by atomic mass is 16.2. The second-order valence-electron chi connectivity index (χ2n) is 7.00. The smallest absolute Gasteiger partial charge is 0.324 e. The normalized spacial score (nSPS) is 18.8. The number of carbonyl (C=O) groups excluding carboxylic acids is 2. The number of rotatable bonds is 2. The number of likely N-dealkylation sites (N-methyl/N-ethyl adjacent to an activating group) is 1. The molecular weight excluding hydrogens is 332 g/mol. The van der Waals surface area contributed by atoms with Crippen molar-refractivity contribution in [1.82, 2.24) is 24.7 Å². The maximum Gasteiger partial charge on any atom is 0.324 e. The molecular formula is C18H24N6O2. The van der Waals surface area contributed by atoms with Crippen LogP contribution in [0.2, 0.25) is 0 Å². The molecule has 0 unspecified atom stereocenters. The van der Waals surface area contributed by atoms with E-state index in [1.165, 1.54) is 0 Å². The molecule has 2 aromatic rings. The zero-order chi connectivity index (χ0) is 18.3. The van der Waals surface area contributed by atoms with Gasteiger partial charge in [0.2, 0.25) is 11.9 Å². The summed E-state index contributed by atoms with van der Waals surface area (Å²) in [6, 6.07) is 7.03. The van der Waals surface area contributed by atoms with Crippen molar-refractivity contribution in [3.63, 3.8) is 0 Å². The Morgan fingerprint density at radius 3 is 2.58 bits per heavy atom. The molecule has 3 amide bonds. The van der Waals surface area contributed by atoms with Crippen molar-refractivity contribution in [2.24, 2.45) is 0 Å². The van der Waals surface area contributed by atoms with Gasteiger partial charge in [-0.1, -0.05) is 12.1 Å². The molecule has 1 atom stereocenters. The van der Waals surface area contributed by atoms with Crippen molar-refractivity contribution in [3.8, 4) is 0 Å². The molecule has 4 rings (SSSR count). The van der Waals surface area contributed by atoms with E-state index in [4.69, 9.17) is 0 Å². The average Bonchev–Trinajstić information content (AvgIpc) is 3.20. The molecule has 138 valence electrons. The van der Waals surface area contributed by atoms with Gasteiger partial charge in [0.25, 0.3) is 0 Å². The minimum absolute atomic E-state index is 0.0286. The number of amides is 3. The standard InChI is InChI=1S/C18H24N6O2/c1-13(16(25)22-9-7-21(2)8-10-22)19-18(26)24-12-11-23-15-6-4-3-5-14(15)20-17(23)24/h3-6,13H,7-12H2,1-2H3,(H,19,26)/t13-/m0/s1. The van der Waals surface area contributed by atoms with Gasteiger partial charge in [0, 0.05) is 39.3 Å². The first-order chi connectivity index (χ1) is 12.5. The van der Waals surface area contributed by atoms with Gasteiger partial charge in [0.05, 0.1) is 11.0 Å². The number of urea groups is 1. The first kappa shape index (κ1) is 16.8. The van der Waals surface area contributed by atoms with Crippen molar-refractivity contribution in [2.75, 3.05) is 44.7 Å². The molecule has 1 saturated heterocycles. The third-order valence-electron chi connectivity index (χ3n) is 5.19. The second-order valence-corrected chi connectivity index (χ2v) is 7.00. The summed E-state index contributed by atoms with van der Waals surface area (Å²) in [5, 5.41) is 2.84. The summed E-state index contributed by atoms with van der Waals surface area (Å²) in [6.45, 7) is 6.16. The molecule has 1 aromatic carbocycles. The highest BCUT2D eigenvalue weighted by Gasteiger charge is 2.31. The van der Waals surface area contributed by atoms with Gasteiger partial charge in [-0.3, -0.25) is 9.69 Å². The van der Waals surface area contributed by atoms with Gasteiger partial charge in [-0.2, -0.15) is 0 Å². The number of imidazole rings is 1. The highest BCUT2D eigenvalue weighted by molar-refractivity contribution is 5.96. The predicted octanol–water partition coefficient (Wildman–Crippen LogP) is 0.728. The summed E-state index contributed by atoms with van der Waals surface area (Å²) in [6.07, 6.45) is 0. The van der Waals surface area contributed by atoms with Crippen molar-refractivity contribution in [2.45, 2.75) is 19.5 Å². The summed E-state index contributed by atoms with van der Waals surface area (Å²) < 4.78 is 2.04. The Morgan fingerprint density at radius 2 is 1.81 bits per heavy atom. The topological polar surface area (TPSA) is 73.7 Å². The number of carbonyl (C=O) groups is 2. The molecule has 0 radical (unpaired) electrons. The van der Waals surface area contributed by atoms with E-state index in [9.17, 15) is 9.59 Å². The fourth-order valence-corrected chi connectivity index (χ4v) is 3.61. The van der Waals surface area contributed by atoms with E-state index in [1.54, 1.807) is 11.8 Å². The molecule has 26 heavy (non-hydrogen) atoms. The predicted molar refractivity (Wildman–Crippen MR) is 99.1 cm³/mol. The van der Waals surface area contributed by atoms with Crippen LogP contribution in [0.3, 0.4) is 0 Å². The fourth-order valence-electron chi connectivity index (χ4n) is 3.61. The van der Waals surface area contributed by atoms with Gasteiger partial charge in [-0.05, 0) is 26.1 Å². The van der Waals surface area contributed by atoms with Crippen LogP contribution in [0.1, 0.15) is 6.92 Å². The Kier molecular flexibility index (Phi) is 4.28. The SMILES string of the molecule is C[C@H](NC(=O)N1CCn2c1nc1ccccc12)C(=O)N1CCN(C)CC1. The Labute approximate surface area is 152 Å². The molecule has 8 nitrogen and oxygen atoms in total. The Morgan fingerprint density at radius 1 is 1.08 bits per heavy atom. The molecule has 1 N–H and O–H groups in total. The molecule has 2 aliphatic heterocycles. The second kappa shape index (κ2) is 6.60. The zero-order valence-corrected chi connectivity index (χ0v) is 15.2. The molecule has 3 heterocycles. The van der Waals surface area contributed by atoms with E-state index in [1.807, 2.05) is 40.8 Å². The van der Waals surface area contributed by atoms with Crippen molar-refractivity contribution >= 4 is 28.9 Å². The summed E-state index contributed by atoms with van der Waals surface area (Å²) in [5.74, 6) is 0.613. The largest absolute Gasteiger partial charge is 0.338 e. The number of nitrogens with one attached hydrogen (secondary N) is 1. The van der Waals surface area contributed by atoms with Crippen molar-refractivity contribution in [1.29, 1.82) is 0 Å². The average molecular weight is 356 g/mol. The molecule has 1 aromatic heterocycles. The Balaban J connectivity index is 1.44. The first-order valence-electron chi connectivity index (χ1n) is 9.05. The number of piperazine rings is 1. The third kappa shape index (κ3) is 2.90. The minimum atomic E-state index is -0.552. The minimum Gasteiger partial charge on any atom is -0.338 e. The van der Waals surface area contributed by atoms with Crippen LogP contribution < -0.4 is 10.2 Å². The highest BCUT2D eigenvalue weighted by Crippen LogP contribution is 2.27. The molecule has 2 aliphatic rings. The van der Waals surface area contributed by atoms with E-state index in [0.717, 1.165) is 24.1 Å². The van der Waals surface area contributed by atoms with Crippen LogP contribution in [0, 0.1) is 0 Å². The molecule has 8 heteroatoms. The van der Waals surface area contributed by atoms with Gasteiger partial charge in [0.15, 0.2) is 0 Å². The van der Waals surface area contributed by atoms with E-state index >= 15 is 0 Å². The van der Waals surface area contributed by atoms with Crippen LogP contribution in [-0.4, -0.2) is 77.1 Å². The van der Waals surface area contributed by atoms with E-state index in [2.05, 4.69) is 15.2 Å². The Hall–Kier alpha value is -2.61. The van der Waals surface area contributed by atoms with E-state index in [-0.39, 0.29) is 11.9 Å². The maximum absolute atomic E-state index is 12.7. The van der Waals surface area contributed by atoms with Gasteiger partial charge in [0.1, 0.15) is 6.04 Å². The lowest BCUT2D eigenvalue weighted by Crippen LogP contribution is -2.55. The molecule has 0 spiro atoms. The Bertz CT molecular complexity index is 839. The number of aromatic nitrogens is 2. The van der Waals surface area contributed by atoms with Crippen molar-refractivity contribution < 1.29 is 9.59 Å². The van der Waals surface area contributed by atoms with Gasteiger partial charge in [-0.15, -0.1) is 0 Å². The number of anilines is 1. The van der Waals surface area contributed by atoms with Crippen LogP contribution in [0.4, 0.5) is 10.7 Å². The number of fused-ring (bicyclic) bond motifs is 3. The molecule has 0 saturated carbocycles. The van der Waals surface area contributed by atoms with E-state index < -0.39 is 6.04 Å². The molecule has 0 aliphatic carbocycles. The number of nitrogens with zero attached hydrogens (tertiary/aromatic N) is 5. The van der Waals surface area contributed by atoms with E-state index in [0.29, 0.717) is 32.1 Å². The molecule has 0 bridgehead atoms. The summed E-state index contributed by atoms with van der Waals surface area (Å²) in [5.41, 5.74) is 1.90. The molecule has 1 fully saturated rings. The first-order valence-corrected chi connectivity index (χ1v) is 9.05. The lowest BCUT2D eigenvalue weighted by Gasteiger charge is -2.34. The summed E-state index contributed by atoms with van der Waals surface area (Å²) in [7, 11) is 2.05. The van der Waals surface area contributed by atoms with Crippen LogP contribution in [0.5, 0.6) is 0 Å². The third-order valence-corrected chi connectivity index (χ3v) is 5.19. The van der Waals surface area contributed by atoms with Crippen molar-refractivity contribution in [3.05, 3.63) is 24.3 Å². The maximum atomic E-state index is 12.7. The summed E-state index contributed by atoms with van der Waals surface area (Å²) in [4.78, 5) is 35.5. The van der Waals surface area contributed by atoms with Crippen LogP contribution in [0.15, 0.2) is 24.3 Å². The summed E-state index contributed by atoms with van der Waals surface area (Å²) >= 11 is 0. The van der Waals surface area contributed by atoms with Crippen LogP contribution in [0.25, 0.3) is 11.0 Å². The zero-order valence-electron chi connectivity index (χ0n) is 15.2. The number of hydrogen-bond donors (Lipinski definition) is 1. The lowest BCUT2D eigenvalue weighted by molar-refractivity contribution is -0.134. The number of para-hydroxylation sites is 2.